The number of anilines is 1. The van der Waals surface area contributed by atoms with Gasteiger partial charge in [-0.05, 0) is 62.0 Å². The molecule has 12 nitrogen and oxygen atoms in total. The molecule has 3 aromatic carbocycles. The summed E-state index contributed by atoms with van der Waals surface area (Å²) in [7, 11) is 1.55. The van der Waals surface area contributed by atoms with Crippen molar-refractivity contribution in [3.05, 3.63) is 93.6 Å². The second-order valence-electron chi connectivity index (χ2n) is 8.49. The largest absolute Gasteiger partial charge is 0.493 e. The lowest BCUT2D eigenvalue weighted by Crippen LogP contribution is -2.22. The lowest BCUT2D eigenvalue weighted by atomic mass is 10.1. The number of rotatable bonds is 9. The number of carbonyl (C=O) groups excluding carboxylic acids is 1. The Bertz CT molecular complexity index is 1680. The molecule has 0 bridgehead atoms. The van der Waals surface area contributed by atoms with E-state index in [2.05, 4.69) is 51.7 Å². The zero-order valence-electron chi connectivity index (χ0n) is 21.4. The number of amides is 1. The van der Waals surface area contributed by atoms with Crippen LogP contribution in [0.5, 0.6) is 11.5 Å². The van der Waals surface area contributed by atoms with Crippen molar-refractivity contribution >= 4 is 33.9 Å². The Labute approximate surface area is 236 Å². The number of methoxy groups -OCH3 is 1. The first-order valence-corrected chi connectivity index (χ1v) is 12.7. The van der Waals surface area contributed by atoms with Crippen molar-refractivity contribution in [1.82, 2.24) is 30.7 Å². The molecule has 2 heterocycles. The molecule has 0 unspecified atom stereocenters. The summed E-state index contributed by atoms with van der Waals surface area (Å²) in [5, 5.41) is 19.6. The molecule has 1 amide bonds. The maximum absolute atomic E-state index is 13.3. The van der Waals surface area contributed by atoms with E-state index in [0.717, 1.165) is 15.8 Å². The monoisotopic (exact) mass is 602 g/mol. The van der Waals surface area contributed by atoms with E-state index in [1.54, 1.807) is 31.4 Å². The number of halogens is 1. The molecule has 0 radical (unpaired) electrons. The fourth-order valence-corrected chi connectivity index (χ4v) is 4.43. The summed E-state index contributed by atoms with van der Waals surface area (Å²) in [5.74, 6) is 0.417. The van der Waals surface area contributed by atoms with E-state index in [1.165, 1.54) is 6.21 Å². The Morgan fingerprint density at radius 1 is 1.15 bits per heavy atom. The van der Waals surface area contributed by atoms with Gasteiger partial charge in [0.15, 0.2) is 17.2 Å². The van der Waals surface area contributed by atoms with Crippen molar-refractivity contribution in [2.75, 3.05) is 12.8 Å². The number of benzene rings is 3. The summed E-state index contributed by atoms with van der Waals surface area (Å²) in [4.78, 5) is 13.3. The van der Waals surface area contributed by atoms with Crippen molar-refractivity contribution in [2.24, 2.45) is 5.10 Å². The van der Waals surface area contributed by atoms with Crippen LogP contribution in [0.3, 0.4) is 0 Å². The van der Waals surface area contributed by atoms with Gasteiger partial charge in [-0.1, -0.05) is 59.8 Å². The molecule has 5 aromatic rings. The normalized spacial score (nSPS) is 11.1. The lowest BCUT2D eigenvalue weighted by molar-refractivity contribution is 0.0947. The topological polar surface area (TPSA) is 156 Å². The number of aryl methyl sites for hydroxylation is 1. The predicted molar refractivity (Wildman–Crippen MR) is 150 cm³/mol. The molecular formula is C27H23BrN8O4. The van der Waals surface area contributed by atoms with Crippen LogP contribution in [0.2, 0.25) is 0 Å². The second-order valence-corrected chi connectivity index (χ2v) is 9.34. The van der Waals surface area contributed by atoms with Crippen molar-refractivity contribution < 1.29 is 18.9 Å². The minimum absolute atomic E-state index is 0.0266. The zero-order chi connectivity index (χ0) is 28.1. The average Bonchev–Trinajstić information content (AvgIpc) is 3.59. The number of hydrogen-bond donors (Lipinski definition) is 2. The van der Waals surface area contributed by atoms with Crippen LogP contribution in [0.25, 0.3) is 17.1 Å². The van der Waals surface area contributed by atoms with E-state index in [0.29, 0.717) is 39.4 Å². The molecule has 0 saturated carbocycles. The van der Waals surface area contributed by atoms with Gasteiger partial charge in [-0.15, -0.1) is 5.10 Å². The molecule has 202 valence electrons. The van der Waals surface area contributed by atoms with Crippen LogP contribution in [0, 0.1) is 6.92 Å². The summed E-state index contributed by atoms with van der Waals surface area (Å²) in [5.41, 5.74) is 12.2. The number of carbonyl (C=O) groups is 1. The first kappa shape index (κ1) is 26.6. The average molecular weight is 603 g/mol. The zero-order valence-corrected chi connectivity index (χ0v) is 23.0. The van der Waals surface area contributed by atoms with Crippen molar-refractivity contribution in [3.63, 3.8) is 0 Å². The van der Waals surface area contributed by atoms with Crippen LogP contribution >= 0.6 is 15.9 Å². The lowest BCUT2D eigenvalue weighted by Gasteiger charge is -2.14. The van der Waals surface area contributed by atoms with Crippen molar-refractivity contribution in [3.8, 4) is 28.6 Å². The molecule has 0 aliphatic carbocycles. The van der Waals surface area contributed by atoms with E-state index >= 15 is 0 Å². The van der Waals surface area contributed by atoms with Gasteiger partial charge < -0.3 is 15.2 Å². The van der Waals surface area contributed by atoms with E-state index in [-0.39, 0.29) is 17.3 Å². The number of nitrogens with two attached hydrogens (primary N) is 1. The minimum Gasteiger partial charge on any atom is -0.493 e. The molecule has 0 fully saturated rings. The molecule has 0 aliphatic heterocycles. The van der Waals surface area contributed by atoms with Crippen LogP contribution in [0.4, 0.5) is 5.82 Å². The van der Waals surface area contributed by atoms with Gasteiger partial charge in [0.2, 0.25) is 11.6 Å². The van der Waals surface area contributed by atoms with Gasteiger partial charge in [0.25, 0.3) is 5.91 Å². The van der Waals surface area contributed by atoms with E-state index in [1.807, 2.05) is 49.4 Å². The summed E-state index contributed by atoms with van der Waals surface area (Å²) in [6.45, 7) is 2.41. The molecular weight excluding hydrogens is 580 g/mol. The van der Waals surface area contributed by atoms with Crippen molar-refractivity contribution in [2.45, 2.75) is 13.5 Å². The summed E-state index contributed by atoms with van der Waals surface area (Å²) < 4.78 is 18.1. The van der Waals surface area contributed by atoms with Gasteiger partial charge in [0.05, 0.1) is 17.8 Å². The molecule has 2 aromatic heterocycles. The molecule has 5 rings (SSSR count). The summed E-state index contributed by atoms with van der Waals surface area (Å²) in [6, 6.07) is 20.6. The Hall–Kier alpha value is -5.04. The number of ether oxygens (including phenoxy) is 2. The highest BCUT2D eigenvalue weighted by atomic mass is 79.9. The first-order chi connectivity index (χ1) is 19.5. The quantitative estimate of drug-likeness (QED) is 0.185. The maximum atomic E-state index is 13.3. The number of nitrogens with zero attached hydrogens (tertiary/aromatic N) is 6. The smallest absolute Gasteiger partial charge is 0.292 e. The van der Waals surface area contributed by atoms with Gasteiger partial charge in [0, 0.05) is 5.56 Å². The fourth-order valence-electron chi connectivity index (χ4n) is 3.86. The van der Waals surface area contributed by atoms with Crippen LogP contribution in [0.1, 0.15) is 27.2 Å². The van der Waals surface area contributed by atoms with Gasteiger partial charge in [0.1, 0.15) is 12.3 Å². The van der Waals surface area contributed by atoms with Crippen LogP contribution < -0.4 is 20.6 Å². The van der Waals surface area contributed by atoms with Crippen LogP contribution in [-0.2, 0) is 6.61 Å². The highest BCUT2D eigenvalue weighted by Crippen LogP contribution is 2.37. The number of hydrazone groups is 1. The second kappa shape index (κ2) is 11.8. The van der Waals surface area contributed by atoms with Gasteiger partial charge >= 0.3 is 0 Å². The number of nitrogen functional groups attached to an aromatic ring is 1. The summed E-state index contributed by atoms with van der Waals surface area (Å²) in [6.07, 6.45) is 1.47. The minimum atomic E-state index is -0.605. The molecule has 13 heteroatoms. The third-order valence-electron chi connectivity index (χ3n) is 5.89. The third kappa shape index (κ3) is 5.54. The maximum Gasteiger partial charge on any atom is 0.292 e. The Kier molecular flexibility index (Phi) is 7.82. The number of aromatic nitrogens is 5. The fraction of sp³-hybridized carbons (Fsp3) is 0.111. The molecule has 0 spiro atoms. The van der Waals surface area contributed by atoms with Gasteiger partial charge in [-0.2, -0.15) is 9.78 Å². The predicted octanol–water partition coefficient (Wildman–Crippen LogP) is 4.32. The standard InChI is InChI=1S/C27H23BrN8O4/c1-16-8-6-7-11-19(16)15-39-24-20(28)12-17(13-21(24)38-2)14-30-32-27(37)23-22(18-9-4-3-5-10-18)31-35-36(23)26-25(29)33-40-34-26/h3-14H,15H2,1-2H3,(H2,29,33)(H,32,37)/b30-14+. The summed E-state index contributed by atoms with van der Waals surface area (Å²) >= 11 is 3.55. The Morgan fingerprint density at radius 2 is 1.93 bits per heavy atom. The molecule has 0 aliphatic rings. The van der Waals surface area contributed by atoms with E-state index in [9.17, 15) is 4.79 Å². The van der Waals surface area contributed by atoms with E-state index < -0.39 is 5.91 Å². The highest BCUT2D eigenvalue weighted by molar-refractivity contribution is 9.10. The Balaban J connectivity index is 1.37. The number of hydrogen-bond acceptors (Lipinski definition) is 10. The SMILES string of the molecule is COc1cc(/C=N/NC(=O)c2c(-c3ccccc3)nnn2-c2nonc2N)cc(Br)c1OCc1ccccc1C. The number of nitrogens with one attached hydrogen (secondary N) is 1. The Morgan fingerprint density at radius 3 is 2.65 bits per heavy atom. The first-order valence-electron chi connectivity index (χ1n) is 11.9. The van der Waals surface area contributed by atoms with Crippen LogP contribution in [-0.4, -0.2) is 44.5 Å². The van der Waals surface area contributed by atoms with Gasteiger partial charge in [-0.25, -0.2) is 10.1 Å². The third-order valence-corrected chi connectivity index (χ3v) is 6.48. The van der Waals surface area contributed by atoms with E-state index in [4.69, 9.17) is 15.2 Å². The molecule has 3 N–H and O–H groups in total. The van der Waals surface area contributed by atoms with Crippen molar-refractivity contribution in [1.29, 1.82) is 0 Å². The van der Waals surface area contributed by atoms with Crippen LogP contribution in [0.15, 0.2) is 80.9 Å². The molecule has 40 heavy (non-hydrogen) atoms. The highest BCUT2D eigenvalue weighted by Gasteiger charge is 2.26. The van der Waals surface area contributed by atoms with Gasteiger partial charge in [-0.3, -0.25) is 4.79 Å². The molecule has 0 saturated heterocycles. The molecule has 0 atom stereocenters.